The average Bonchev–Trinajstić information content (AvgIpc) is 2.60. The van der Waals surface area contributed by atoms with Crippen LogP contribution in [-0.4, -0.2) is 72.6 Å². The first-order chi connectivity index (χ1) is 11.8. The van der Waals surface area contributed by atoms with Gasteiger partial charge >= 0.3 is 0 Å². The van der Waals surface area contributed by atoms with Crippen LogP contribution in [0.15, 0.2) is 18.3 Å². The number of ether oxygens (including phenoxy) is 1. The summed E-state index contributed by atoms with van der Waals surface area (Å²) in [6, 6.07) is 4.17. The number of piperidine rings is 1. The van der Waals surface area contributed by atoms with Crippen molar-refractivity contribution in [3.05, 3.63) is 23.9 Å². The van der Waals surface area contributed by atoms with Crippen molar-refractivity contribution in [2.45, 2.75) is 45.2 Å². The zero-order chi connectivity index (χ0) is 18.4. The Kier molecular flexibility index (Phi) is 6.79. The average molecular weight is 348 g/mol. The molecule has 1 saturated heterocycles. The zero-order valence-electron chi connectivity index (χ0n) is 16.2. The maximum atomic E-state index is 12.6. The van der Waals surface area contributed by atoms with Gasteiger partial charge in [-0.15, -0.1) is 0 Å². The molecular formula is C19H32N4O2. The van der Waals surface area contributed by atoms with Crippen LogP contribution in [-0.2, 0) is 0 Å². The van der Waals surface area contributed by atoms with Gasteiger partial charge in [-0.2, -0.15) is 0 Å². The SMILES string of the molecule is CCOc1ncccc1C(=O)NCC(C)(C)N1CCC(N(C)C)CC1. The van der Waals surface area contributed by atoms with E-state index in [0.29, 0.717) is 30.6 Å². The number of pyridine rings is 1. The summed E-state index contributed by atoms with van der Waals surface area (Å²) in [4.78, 5) is 21.5. The van der Waals surface area contributed by atoms with E-state index >= 15 is 0 Å². The molecule has 140 valence electrons. The smallest absolute Gasteiger partial charge is 0.256 e. The van der Waals surface area contributed by atoms with E-state index in [-0.39, 0.29) is 11.4 Å². The molecular weight excluding hydrogens is 316 g/mol. The highest BCUT2D eigenvalue weighted by atomic mass is 16.5. The van der Waals surface area contributed by atoms with Gasteiger partial charge in [0.15, 0.2) is 0 Å². The van der Waals surface area contributed by atoms with Gasteiger partial charge in [-0.1, -0.05) is 0 Å². The number of hydrogen-bond donors (Lipinski definition) is 1. The summed E-state index contributed by atoms with van der Waals surface area (Å²) in [5.74, 6) is 0.264. The van der Waals surface area contributed by atoms with E-state index in [1.165, 1.54) is 12.8 Å². The first kappa shape index (κ1) is 19.7. The molecule has 0 saturated carbocycles. The Morgan fingerprint density at radius 1 is 1.40 bits per heavy atom. The third kappa shape index (κ3) is 5.16. The quantitative estimate of drug-likeness (QED) is 0.817. The van der Waals surface area contributed by atoms with E-state index in [1.54, 1.807) is 18.3 Å². The Morgan fingerprint density at radius 2 is 2.08 bits per heavy atom. The molecule has 6 nitrogen and oxygen atoms in total. The van der Waals surface area contributed by atoms with Gasteiger partial charge in [-0.05, 0) is 59.8 Å². The van der Waals surface area contributed by atoms with Crippen LogP contribution in [0.4, 0.5) is 0 Å². The van der Waals surface area contributed by atoms with Gasteiger partial charge in [0, 0.05) is 37.4 Å². The third-order valence-electron chi connectivity index (χ3n) is 5.03. The van der Waals surface area contributed by atoms with Crippen molar-refractivity contribution in [2.75, 3.05) is 40.3 Å². The third-order valence-corrected chi connectivity index (χ3v) is 5.03. The number of likely N-dealkylation sites (tertiary alicyclic amines) is 1. The molecule has 2 heterocycles. The molecule has 1 aliphatic rings. The molecule has 1 amide bonds. The van der Waals surface area contributed by atoms with Crippen LogP contribution < -0.4 is 10.1 Å². The summed E-state index contributed by atoms with van der Waals surface area (Å²) in [5, 5.41) is 3.06. The Morgan fingerprint density at radius 3 is 2.68 bits per heavy atom. The lowest BCUT2D eigenvalue weighted by atomic mass is 9.95. The number of aromatic nitrogens is 1. The molecule has 25 heavy (non-hydrogen) atoms. The van der Waals surface area contributed by atoms with Gasteiger partial charge in [0.25, 0.3) is 5.91 Å². The lowest BCUT2D eigenvalue weighted by Crippen LogP contribution is -2.55. The van der Waals surface area contributed by atoms with Gasteiger partial charge in [-0.25, -0.2) is 4.98 Å². The molecule has 0 radical (unpaired) electrons. The van der Waals surface area contributed by atoms with Crippen LogP contribution in [0.25, 0.3) is 0 Å². The molecule has 6 heteroatoms. The molecule has 0 unspecified atom stereocenters. The molecule has 1 N–H and O–H groups in total. The molecule has 0 aliphatic carbocycles. The van der Waals surface area contributed by atoms with E-state index in [4.69, 9.17) is 4.74 Å². The Balaban J connectivity index is 1.92. The molecule has 2 rings (SSSR count). The predicted molar refractivity (Wildman–Crippen MR) is 100 cm³/mol. The lowest BCUT2D eigenvalue weighted by Gasteiger charge is -2.44. The monoisotopic (exact) mass is 348 g/mol. The van der Waals surface area contributed by atoms with Crippen LogP contribution >= 0.6 is 0 Å². The molecule has 0 bridgehead atoms. The summed E-state index contributed by atoms with van der Waals surface area (Å²) in [6.45, 7) is 9.47. The number of carbonyl (C=O) groups is 1. The molecule has 0 aromatic carbocycles. The zero-order valence-corrected chi connectivity index (χ0v) is 16.2. The van der Waals surface area contributed by atoms with E-state index < -0.39 is 0 Å². The summed E-state index contributed by atoms with van der Waals surface area (Å²) >= 11 is 0. The summed E-state index contributed by atoms with van der Waals surface area (Å²) in [7, 11) is 4.30. The standard InChI is InChI=1S/C19H32N4O2/c1-6-25-18-16(8-7-11-20-18)17(24)21-14-19(2,3)23-12-9-15(10-13-23)22(4)5/h7-8,11,15H,6,9-10,12-14H2,1-5H3,(H,21,24). The van der Waals surface area contributed by atoms with Crippen LogP contribution in [0.1, 0.15) is 44.0 Å². The second-order valence-corrected chi connectivity index (χ2v) is 7.47. The van der Waals surface area contributed by atoms with E-state index in [0.717, 1.165) is 13.1 Å². The van der Waals surface area contributed by atoms with Gasteiger partial charge in [-0.3, -0.25) is 9.69 Å². The minimum Gasteiger partial charge on any atom is -0.477 e. The van der Waals surface area contributed by atoms with Crippen molar-refractivity contribution in [2.24, 2.45) is 0 Å². The van der Waals surface area contributed by atoms with E-state index in [9.17, 15) is 4.79 Å². The number of carbonyl (C=O) groups excluding carboxylic acids is 1. The van der Waals surface area contributed by atoms with Gasteiger partial charge in [0.2, 0.25) is 5.88 Å². The largest absolute Gasteiger partial charge is 0.477 e. The lowest BCUT2D eigenvalue weighted by molar-refractivity contribution is 0.0586. The van der Waals surface area contributed by atoms with E-state index in [1.807, 2.05) is 6.92 Å². The van der Waals surface area contributed by atoms with Crippen molar-refractivity contribution in [3.8, 4) is 5.88 Å². The molecule has 1 aromatic heterocycles. The number of hydrogen-bond acceptors (Lipinski definition) is 5. The highest BCUT2D eigenvalue weighted by molar-refractivity contribution is 5.96. The van der Waals surface area contributed by atoms with Crippen molar-refractivity contribution in [1.82, 2.24) is 20.1 Å². The van der Waals surface area contributed by atoms with Crippen LogP contribution in [0.2, 0.25) is 0 Å². The van der Waals surface area contributed by atoms with Gasteiger partial charge < -0.3 is 15.0 Å². The number of rotatable bonds is 7. The maximum Gasteiger partial charge on any atom is 0.256 e. The number of nitrogens with one attached hydrogen (secondary N) is 1. The number of nitrogens with zero attached hydrogens (tertiary/aromatic N) is 3. The Labute approximate surface area is 151 Å². The maximum absolute atomic E-state index is 12.6. The highest BCUT2D eigenvalue weighted by Gasteiger charge is 2.31. The molecule has 1 aromatic rings. The van der Waals surface area contributed by atoms with Gasteiger partial charge in [0.05, 0.1) is 6.61 Å². The minimum atomic E-state index is -0.132. The summed E-state index contributed by atoms with van der Waals surface area (Å²) in [6.07, 6.45) is 3.98. The first-order valence-corrected chi connectivity index (χ1v) is 9.12. The van der Waals surface area contributed by atoms with Crippen molar-refractivity contribution in [1.29, 1.82) is 0 Å². The molecule has 0 atom stereocenters. The van der Waals surface area contributed by atoms with Gasteiger partial charge in [0.1, 0.15) is 5.56 Å². The molecule has 0 spiro atoms. The topological polar surface area (TPSA) is 57.7 Å². The van der Waals surface area contributed by atoms with Crippen molar-refractivity contribution >= 4 is 5.91 Å². The summed E-state index contributed by atoms with van der Waals surface area (Å²) < 4.78 is 5.45. The Bertz CT molecular complexity index is 566. The van der Waals surface area contributed by atoms with Crippen molar-refractivity contribution < 1.29 is 9.53 Å². The molecule has 1 fully saturated rings. The van der Waals surface area contributed by atoms with Crippen LogP contribution in [0, 0.1) is 0 Å². The second kappa shape index (κ2) is 8.63. The fraction of sp³-hybridized carbons (Fsp3) is 0.684. The van der Waals surface area contributed by atoms with Crippen LogP contribution in [0.5, 0.6) is 5.88 Å². The van der Waals surface area contributed by atoms with Crippen molar-refractivity contribution in [3.63, 3.8) is 0 Å². The minimum absolute atomic E-state index is 0.0824. The normalized spacial score (nSPS) is 16.9. The van der Waals surface area contributed by atoms with E-state index in [2.05, 4.69) is 48.0 Å². The molecule has 1 aliphatic heterocycles. The number of amides is 1. The first-order valence-electron chi connectivity index (χ1n) is 9.12. The second-order valence-electron chi connectivity index (χ2n) is 7.47. The fourth-order valence-electron chi connectivity index (χ4n) is 3.31. The highest BCUT2D eigenvalue weighted by Crippen LogP contribution is 2.22. The van der Waals surface area contributed by atoms with Crippen LogP contribution in [0.3, 0.4) is 0 Å². The Hall–Kier alpha value is -1.66. The summed E-state index contributed by atoms with van der Waals surface area (Å²) in [5.41, 5.74) is 0.410. The fourth-order valence-corrected chi connectivity index (χ4v) is 3.31. The predicted octanol–water partition coefficient (Wildman–Crippen LogP) is 2.01.